The van der Waals surface area contributed by atoms with Gasteiger partial charge in [0.1, 0.15) is 6.04 Å². The van der Waals surface area contributed by atoms with Crippen LogP contribution >= 0.6 is 0 Å². The topological polar surface area (TPSA) is 41.5 Å². The summed E-state index contributed by atoms with van der Waals surface area (Å²) >= 11 is 0. The Balaban J connectivity index is 1.70. The summed E-state index contributed by atoms with van der Waals surface area (Å²) in [7, 11) is 0. The highest BCUT2D eigenvalue weighted by molar-refractivity contribution is 6.13. The van der Waals surface area contributed by atoms with Crippen molar-refractivity contribution in [1.82, 2.24) is 5.32 Å². The van der Waals surface area contributed by atoms with E-state index in [9.17, 15) is 4.79 Å². The largest absolute Gasteiger partial charge is 0.348 e. The molecule has 4 aromatic rings. The van der Waals surface area contributed by atoms with Gasteiger partial charge in [0.2, 0.25) is 5.91 Å². The lowest BCUT2D eigenvalue weighted by molar-refractivity contribution is -0.122. The third kappa shape index (κ3) is 6.05. The maximum absolute atomic E-state index is 13.5. The van der Waals surface area contributed by atoms with Crippen LogP contribution in [0.3, 0.4) is 0 Å². The van der Waals surface area contributed by atoms with E-state index in [4.69, 9.17) is 4.99 Å². The molecule has 0 radical (unpaired) electrons. The molecule has 4 rings (SSSR count). The lowest BCUT2D eigenvalue weighted by atomic mass is 10.00. The summed E-state index contributed by atoms with van der Waals surface area (Å²) in [5.74, 6) is -0.0837. The van der Waals surface area contributed by atoms with Gasteiger partial charge in [0.05, 0.1) is 11.8 Å². The second-order valence-electron chi connectivity index (χ2n) is 8.06. The first kappa shape index (κ1) is 22.2. The van der Waals surface area contributed by atoms with Crippen molar-refractivity contribution in [3.63, 3.8) is 0 Å². The van der Waals surface area contributed by atoms with Gasteiger partial charge in [-0.1, -0.05) is 121 Å². The summed E-state index contributed by atoms with van der Waals surface area (Å²) in [5.41, 5.74) is 4.95. The quantitative estimate of drug-likeness (QED) is 0.340. The van der Waals surface area contributed by atoms with Gasteiger partial charge in [0.25, 0.3) is 0 Å². The molecular formula is C30H28N2O. The lowest BCUT2D eigenvalue weighted by Gasteiger charge is -2.20. The van der Waals surface area contributed by atoms with Gasteiger partial charge in [-0.2, -0.15) is 0 Å². The fourth-order valence-electron chi connectivity index (χ4n) is 3.83. The molecular weight excluding hydrogens is 404 g/mol. The number of carbonyl (C=O) groups is 1. The molecule has 3 heteroatoms. The van der Waals surface area contributed by atoms with Crippen LogP contribution in [0, 0.1) is 0 Å². The Morgan fingerprint density at radius 2 is 1.15 bits per heavy atom. The van der Waals surface area contributed by atoms with Gasteiger partial charge in [-0.3, -0.25) is 9.79 Å². The Hall–Kier alpha value is -3.98. The minimum Gasteiger partial charge on any atom is -0.348 e. The number of hydrogen-bond donors (Lipinski definition) is 1. The van der Waals surface area contributed by atoms with Gasteiger partial charge < -0.3 is 5.32 Å². The van der Waals surface area contributed by atoms with Gasteiger partial charge in [-0.15, -0.1) is 0 Å². The van der Waals surface area contributed by atoms with Crippen molar-refractivity contribution in [2.24, 2.45) is 4.99 Å². The van der Waals surface area contributed by atoms with Crippen LogP contribution < -0.4 is 5.32 Å². The molecule has 4 aromatic carbocycles. The van der Waals surface area contributed by atoms with E-state index in [1.807, 2.05) is 128 Å². The molecule has 1 N–H and O–H groups in total. The molecule has 164 valence electrons. The molecule has 0 aromatic heterocycles. The van der Waals surface area contributed by atoms with Gasteiger partial charge in [0, 0.05) is 17.5 Å². The summed E-state index contributed by atoms with van der Waals surface area (Å²) in [6, 6.07) is 39.5. The number of hydrogen-bond acceptors (Lipinski definition) is 2. The highest BCUT2D eigenvalue weighted by Crippen LogP contribution is 2.17. The van der Waals surface area contributed by atoms with Crippen LogP contribution in [0.5, 0.6) is 0 Å². The molecule has 33 heavy (non-hydrogen) atoms. The molecule has 0 aliphatic rings. The summed E-state index contributed by atoms with van der Waals surface area (Å²) in [6.45, 7) is 2.01. The minimum atomic E-state index is -0.561. The smallest absolute Gasteiger partial charge is 0.245 e. The van der Waals surface area contributed by atoms with E-state index in [1.54, 1.807) is 0 Å². The summed E-state index contributed by atoms with van der Waals surface area (Å²) in [4.78, 5) is 18.6. The molecule has 0 aliphatic heterocycles. The maximum Gasteiger partial charge on any atom is 0.245 e. The zero-order valence-electron chi connectivity index (χ0n) is 18.8. The molecule has 0 saturated heterocycles. The Labute approximate surface area is 195 Å². The first-order valence-electron chi connectivity index (χ1n) is 11.3. The first-order chi connectivity index (χ1) is 16.2. The van der Waals surface area contributed by atoms with E-state index < -0.39 is 6.04 Å². The van der Waals surface area contributed by atoms with E-state index >= 15 is 0 Å². The number of rotatable bonds is 8. The van der Waals surface area contributed by atoms with Crippen molar-refractivity contribution in [3.05, 3.63) is 144 Å². The standard InChI is InChI=1S/C30H28N2O/c1-23(25-16-8-3-9-17-25)31-30(33)28(22-24-14-6-2-7-15-24)32-29(26-18-10-4-11-19-26)27-20-12-5-13-21-27/h2-21,23,28H,22H2,1H3,(H,31,33)/t23-,28-/m0/s1. The Morgan fingerprint density at radius 1 is 0.697 bits per heavy atom. The van der Waals surface area contributed by atoms with Crippen molar-refractivity contribution >= 4 is 11.6 Å². The van der Waals surface area contributed by atoms with Crippen LogP contribution in [0.2, 0.25) is 0 Å². The Morgan fingerprint density at radius 3 is 1.67 bits per heavy atom. The SMILES string of the molecule is C[C@H](NC(=O)[C@H](Cc1ccccc1)N=C(c1ccccc1)c1ccccc1)c1ccccc1. The van der Waals surface area contributed by atoms with Crippen LogP contribution in [-0.4, -0.2) is 17.7 Å². The third-order valence-electron chi connectivity index (χ3n) is 5.61. The molecule has 0 spiro atoms. The van der Waals surface area contributed by atoms with E-state index in [0.29, 0.717) is 6.42 Å². The molecule has 1 amide bonds. The van der Waals surface area contributed by atoms with Crippen LogP contribution in [0.4, 0.5) is 0 Å². The van der Waals surface area contributed by atoms with Crippen LogP contribution in [0.15, 0.2) is 126 Å². The van der Waals surface area contributed by atoms with Gasteiger partial charge >= 0.3 is 0 Å². The summed E-state index contributed by atoms with van der Waals surface area (Å²) < 4.78 is 0. The van der Waals surface area contributed by atoms with Crippen molar-refractivity contribution in [2.75, 3.05) is 0 Å². The Kier molecular flexibility index (Phi) is 7.44. The van der Waals surface area contributed by atoms with Gasteiger partial charge in [-0.05, 0) is 18.1 Å². The number of benzene rings is 4. The van der Waals surface area contributed by atoms with Crippen molar-refractivity contribution in [2.45, 2.75) is 25.4 Å². The van der Waals surface area contributed by atoms with Crippen molar-refractivity contribution in [1.29, 1.82) is 0 Å². The monoisotopic (exact) mass is 432 g/mol. The lowest BCUT2D eigenvalue weighted by Crippen LogP contribution is -2.37. The number of aliphatic imine (C=N–C) groups is 1. The van der Waals surface area contributed by atoms with Crippen molar-refractivity contribution < 1.29 is 4.79 Å². The van der Waals surface area contributed by atoms with E-state index in [1.165, 1.54) is 0 Å². The van der Waals surface area contributed by atoms with E-state index in [2.05, 4.69) is 5.32 Å². The predicted molar refractivity (Wildman–Crippen MR) is 135 cm³/mol. The molecule has 2 atom stereocenters. The number of amides is 1. The average Bonchev–Trinajstić information content (AvgIpc) is 2.88. The molecule has 0 saturated carbocycles. The number of nitrogens with zero attached hydrogens (tertiary/aromatic N) is 1. The number of carbonyl (C=O) groups excluding carboxylic acids is 1. The molecule has 0 bridgehead atoms. The molecule has 0 unspecified atom stereocenters. The van der Waals surface area contributed by atoms with Crippen molar-refractivity contribution in [3.8, 4) is 0 Å². The summed E-state index contributed by atoms with van der Waals surface area (Å²) in [6.07, 6.45) is 0.525. The number of nitrogens with one attached hydrogen (secondary N) is 1. The highest BCUT2D eigenvalue weighted by atomic mass is 16.2. The normalized spacial score (nSPS) is 12.4. The fourth-order valence-corrected chi connectivity index (χ4v) is 3.83. The molecule has 0 aliphatic carbocycles. The van der Waals surface area contributed by atoms with Crippen LogP contribution in [0.25, 0.3) is 0 Å². The van der Waals surface area contributed by atoms with E-state index in [-0.39, 0.29) is 11.9 Å². The molecule has 0 fully saturated rings. The first-order valence-corrected chi connectivity index (χ1v) is 11.3. The van der Waals surface area contributed by atoms with Crippen LogP contribution in [-0.2, 0) is 11.2 Å². The zero-order chi connectivity index (χ0) is 22.9. The predicted octanol–water partition coefficient (Wildman–Crippen LogP) is 6.01. The summed E-state index contributed by atoms with van der Waals surface area (Å²) in [5, 5.41) is 3.18. The third-order valence-corrected chi connectivity index (χ3v) is 5.61. The second kappa shape index (κ2) is 11.1. The molecule has 0 heterocycles. The average molecular weight is 433 g/mol. The highest BCUT2D eigenvalue weighted by Gasteiger charge is 2.22. The molecule has 3 nitrogen and oxygen atoms in total. The maximum atomic E-state index is 13.5. The van der Waals surface area contributed by atoms with Crippen LogP contribution in [0.1, 0.15) is 35.2 Å². The van der Waals surface area contributed by atoms with E-state index in [0.717, 1.165) is 28.0 Å². The zero-order valence-corrected chi connectivity index (χ0v) is 18.8. The fraction of sp³-hybridized carbons (Fsp3) is 0.133. The second-order valence-corrected chi connectivity index (χ2v) is 8.06. The minimum absolute atomic E-state index is 0.0837. The Bertz CT molecular complexity index is 1130. The van der Waals surface area contributed by atoms with Gasteiger partial charge in [0.15, 0.2) is 0 Å². The van der Waals surface area contributed by atoms with Gasteiger partial charge in [-0.25, -0.2) is 0 Å².